The molecule has 0 saturated heterocycles. The standard InChI is InChI=1S/C10H23P/c1-4-5-6-10(11)8-7-9(2)3/h9-10H,4-8,11H2,1-3H3. The number of hydrogen-bond donors (Lipinski definition) is 0. The maximum absolute atomic E-state index is 2.97. The molecule has 0 amide bonds. The SMILES string of the molecule is CCCCC(P)CCC(C)C. The largest absolute Gasteiger partial charge is 0.134 e. The highest BCUT2D eigenvalue weighted by atomic mass is 31.0. The predicted octanol–water partition coefficient (Wildman–Crippen LogP) is 3.86. The Bertz CT molecular complexity index is 78.9. The molecule has 0 aliphatic rings. The fraction of sp³-hybridized carbons (Fsp3) is 1.00. The summed E-state index contributed by atoms with van der Waals surface area (Å²) in [6, 6.07) is 0. The molecule has 0 fully saturated rings. The normalized spacial score (nSPS) is 13.9. The van der Waals surface area contributed by atoms with Crippen LogP contribution in [0, 0.1) is 5.92 Å². The minimum Gasteiger partial charge on any atom is -0.134 e. The Kier molecular flexibility index (Phi) is 7.38. The third kappa shape index (κ3) is 8.34. The minimum absolute atomic E-state index is 0.873. The molecule has 0 radical (unpaired) electrons. The van der Waals surface area contributed by atoms with Gasteiger partial charge in [0.1, 0.15) is 0 Å². The molecular weight excluding hydrogens is 151 g/mol. The molecule has 1 heteroatoms. The molecule has 0 rings (SSSR count). The predicted molar refractivity (Wildman–Crippen MR) is 57.1 cm³/mol. The molecule has 0 aliphatic carbocycles. The lowest BCUT2D eigenvalue weighted by Crippen LogP contribution is -1.99. The van der Waals surface area contributed by atoms with Gasteiger partial charge < -0.3 is 0 Å². The summed E-state index contributed by atoms with van der Waals surface area (Å²) in [5, 5.41) is 0. The van der Waals surface area contributed by atoms with Gasteiger partial charge in [0.05, 0.1) is 0 Å². The summed E-state index contributed by atoms with van der Waals surface area (Å²) in [4.78, 5) is 0. The monoisotopic (exact) mass is 174 g/mol. The van der Waals surface area contributed by atoms with E-state index in [9.17, 15) is 0 Å². The quantitative estimate of drug-likeness (QED) is 0.536. The summed E-state index contributed by atoms with van der Waals surface area (Å²) in [5.41, 5.74) is 0.873. The molecule has 0 spiro atoms. The molecule has 0 saturated carbocycles. The fourth-order valence-corrected chi connectivity index (χ4v) is 1.59. The van der Waals surface area contributed by atoms with Gasteiger partial charge in [0, 0.05) is 0 Å². The van der Waals surface area contributed by atoms with E-state index in [0.29, 0.717) is 0 Å². The van der Waals surface area contributed by atoms with Crippen LogP contribution in [0.3, 0.4) is 0 Å². The Labute approximate surface area is 74.4 Å². The Balaban J connectivity index is 3.15. The number of unbranched alkanes of at least 4 members (excludes halogenated alkanes) is 1. The third-order valence-electron chi connectivity index (χ3n) is 2.04. The van der Waals surface area contributed by atoms with Crippen LogP contribution in [0.2, 0.25) is 0 Å². The van der Waals surface area contributed by atoms with Gasteiger partial charge in [0.15, 0.2) is 0 Å². The first-order chi connectivity index (χ1) is 5.16. The van der Waals surface area contributed by atoms with Crippen molar-refractivity contribution >= 4 is 9.24 Å². The van der Waals surface area contributed by atoms with E-state index >= 15 is 0 Å². The van der Waals surface area contributed by atoms with Crippen molar-refractivity contribution in [3.05, 3.63) is 0 Å². The van der Waals surface area contributed by atoms with Crippen molar-refractivity contribution in [2.75, 3.05) is 0 Å². The van der Waals surface area contributed by atoms with Gasteiger partial charge in [-0.25, -0.2) is 0 Å². The van der Waals surface area contributed by atoms with Gasteiger partial charge in [-0.2, -0.15) is 0 Å². The molecule has 0 aromatic carbocycles. The summed E-state index contributed by atoms with van der Waals surface area (Å²) in [5.74, 6) is 0.875. The second-order valence-corrected chi connectivity index (χ2v) is 4.82. The molecule has 0 aromatic rings. The summed E-state index contributed by atoms with van der Waals surface area (Å²) < 4.78 is 0. The van der Waals surface area contributed by atoms with Crippen LogP contribution in [-0.4, -0.2) is 5.66 Å². The van der Waals surface area contributed by atoms with Crippen LogP contribution in [0.15, 0.2) is 0 Å². The second-order valence-electron chi connectivity index (χ2n) is 3.87. The number of hydrogen-bond acceptors (Lipinski definition) is 0. The van der Waals surface area contributed by atoms with E-state index in [1.165, 1.54) is 32.1 Å². The van der Waals surface area contributed by atoms with E-state index in [2.05, 4.69) is 30.0 Å². The van der Waals surface area contributed by atoms with Crippen LogP contribution in [-0.2, 0) is 0 Å². The molecule has 0 aromatic heterocycles. The molecule has 68 valence electrons. The average Bonchev–Trinajstić information content (AvgIpc) is 1.97. The van der Waals surface area contributed by atoms with Gasteiger partial charge in [-0.3, -0.25) is 0 Å². The van der Waals surface area contributed by atoms with E-state index in [0.717, 1.165) is 11.6 Å². The van der Waals surface area contributed by atoms with Crippen molar-refractivity contribution in [3.8, 4) is 0 Å². The zero-order chi connectivity index (χ0) is 8.69. The van der Waals surface area contributed by atoms with Gasteiger partial charge in [-0.05, 0) is 24.4 Å². The van der Waals surface area contributed by atoms with Crippen LogP contribution in [0.1, 0.15) is 52.9 Å². The van der Waals surface area contributed by atoms with Crippen molar-refractivity contribution in [1.82, 2.24) is 0 Å². The van der Waals surface area contributed by atoms with Gasteiger partial charge in [-0.15, -0.1) is 9.24 Å². The van der Waals surface area contributed by atoms with Crippen LogP contribution in [0.4, 0.5) is 0 Å². The molecular formula is C10H23P. The first-order valence-electron chi connectivity index (χ1n) is 4.92. The lowest BCUT2D eigenvalue weighted by atomic mass is 10.0. The third-order valence-corrected chi connectivity index (χ3v) is 2.71. The lowest BCUT2D eigenvalue weighted by molar-refractivity contribution is 0.526. The first kappa shape index (κ1) is 11.4. The molecule has 0 heterocycles. The molecule has 0 bridgehead atoms. The molecule has 0 N–H and O–H groups in total. The highest BCUT2D eigenvalue weighted by molar-refractivity contribution is 7.17. The summed E-state index contributed by atoms with van der Waals surface area (Å²) in [6.07, 6.45) is 6.91. The van der Waals surface area contributed by atoms with Gasteiger partial charge >= 0.3 is 0 Å². The zero-order valence-corrected chi connectivity index (χ0v) is 9.42. The topological polar surface area (TPSA) is 0 Å². The maximum Gasteiger partial charge on any atom is -0.0264 e. The van der Waals surface area contributed by atoms with Crippen LogP contribution < -0.4 is 0 Å². The van der Waals surface area contributed by atoms with E-state index in [1.54, 1.807) is 0 Å². The van der Waals surface area contributed by atoms with Gasteiger partial charge in [0.25, 0.3) is 0 Å². The second kappa shape index (κ2) is 7.10. The van der Waals surface area contributed by atoms with E-state index in [1.807, 2.05) is 0 Å². The number of rotatable bonds is 6. The average molecular weight is 174 g/mol. The van der Waals surface area contributed by atoms with E-state index < -0.39 is 0 Å². The van der Waals surface area contributed by atoms with Crippen LogP contribution in [0.5, 0.6) is 0 Å². The summed E-state index contributed by atoms with van der Waals surface area (Å²) >= 11 is 0. The highest BCUT2D eigenvalue weighted by Crippen LogP contribution is 2.18. The lowest BCUT2D eigenvalue weighted by Gasteiger charge is -2.11. The van der Waals surface area contributed by atoms with Crippen molar-refractivity contribution in [2.24, 2.45) is 5.92 Å². The van der Waals surface area contributed by atoms with E-state index in [4.69, 9.17) is 0 Å². The first-order valence-corrected chi connectivity index (χ1v) is 5.59. The van der Waals surface area contributed by atoms with Crippen molar-refractivity contribution in [1.29, 1.82) is 0 Å². The van der Waals surface area contributed by atoms with Crippen molar-refractivity contribution in [3.63, 3.8) is 0 Å². The van der Waals surface area contributed by atoms with Gasteiger partial charge in [0.2, 0.25) is 0 Å². The fourth-order valence-electron chi connectivity index (χ4n) is 1.16. The maximum atomic E-state index is 2.97. The highest BCUT2D eigenvalue weighted by Gasteiger charge is 2.02. The molecule has 2 unspecified atom stereocenters. The molecule has 0 nitrogen and oxygen atoms in total. The zero-order valence-electron chi connectivity index (χ0n) is 8.27. The summed E-state index contributed by atoms with van der Waals surface area (Å²) in [7, 11) is 2.97. The van der Waals surface area contributed by atoms with E-state index in [-0.39, 0.29) is 0 Å². The smallest absolute Gasteiger partial charge is 0.0264 e. The Morgan fingerprint density at radius 1 is 1.09 bits per heavy atom. The Hall–Kier alpha value is 0.430. The Morgan fingerprint density at radius 2 is 1.73 bits per heavy atom. The summed E-state index contributed by atoms with van der Waals surface area (Å²) in [6.45, 7) is 6.87. The molecule has 2 atom stereocenters. The minimum atomic E-state index is 0.873. The van der Waals surface area contributed by atoms with Crippen molar-refractivity contribution in [2.45, 2.75) is 58.5 Å². The van der Waals surface area contributed by atoms with Crippen LogP contribution >= 0.6 is 9.24 Å². The van der Waals surface area contributed by atoms with Crippen molar-refractivity contribution < 1.29 is 0 Å². The Morgan fingerprint density at radius 3 is 2.18 bits per heavy atom. The van der Waals surface area contributed by atoms with Gasteiger partial charge in [-0.1, -0.05) is 40.0 Å². The molecule has 0 aliphatic heterocycles. The molecule has 11 heavy (non-hydrogen) atoms. The van der Waals surface area contributed by atoms with Crippen LogP contribution in [0.25, 0.3) is 0 Å².